The number of hydrogen-bond acceptors (Lipinski definition) is 4. The molecule has 0 saturated heterocycles. The first-order valence-corrected chi connectivity index (χ1v) is 5.13. The predicted molar refractivity (Wildman–Crippen MR) is 62.6 cm³/mol. The summed E-state index contributed by atoms with van der Waals surface area (Å²) in [4.78, 5) is 11.9. The molecule has 0 N–H and O–H groups in total. The van der Waals surface area contributed by atoms with E-state index in [0.717, 1.165) is 0 Å². The van der Waals surface area contributed by atoms with Crippen LogP contribution in [0.4, 0.5) is 0 Å². The zero-order valence-corrected chi connectivity index (χ0v) is 9.77. The van der Waals surface area contributed by atoms with Crippen molar-refractivity contribution in [2.24, 2.45) is 0 Å². The van der Waals surface area contributed by atoms with Gasteiger partial charge in [-0.15, -0.1) is 0 Å². The summed E-state index contributed by atoms with van der Waals surface area (Å²) in [6.45, 7) is 2.20. The van der Waals surface area contributed by atoms with E-state index in [9.17, 15) is 4.79 Å². The predicted octanol–water partition coefficient (Wildman–Crippen LogP) is 2.32. The molecule has 1 aromatic carbocycles. The summed E-state index contributed by atoms with van der Waals surface area (Å²) in [5.41, 5.74) is 0.412. The summed E-state index contributed by atoms with van der Waals surface area (Å²) in [5, 5.41) is 8.84. The number of allylic oxidation sites excluding steroid dienone is 1. The highest BCUT2D eigenvalue weighted by molar-refractivity contribution is 6.11. The Morgan fingerprint density at radius 2 is 2.06 bits per heavy atom. The van der Waals surface area contributed by atoms with Crippen LogP contribution in [0, 0.1) is 11.3 Å². The first-order valence-electron chi connectivity index (χ1n) is 5.13. The maximum atomic E-state index is 11.9. The zero-order valence-electron chi connectivity index (χ0n) is 9.77. The van der Waals surface area contributed by atoms with Crippen LogP contribution in [0.3, 0.4) is 0 Å². The molecule has 0 amide bonds. The van der Waals surface area contributed by atoms with Crippen LogP contribution in [0.1, 0.15) is 17.3 Å². The van der Waals surface area contributed by atoms with Crippen LogP contribution in [0.2, 0.25) is 0 Å². The molecule has 1 aromatic rings. The van der Waals surface area contributed by atoms with Gasteiger partial charge in [-0.25, -0.2) is 0 Å². The summed E-state index contributed by atoms with van der Waals surface area (Å²) in [7, 11) is 1.55. The Hall–Kier alpha value is -2.28. The van der Waals surface area contributed by atoms with E-state index in [4.69, 9.17) is 14.7 Å². The molecular weight excluding hydrogens is 218 g/mol. The van der Waals surface area contributed by atoms with Crippen molar-refractivity contribution in [3.05, 3.63) is 41.7 Å². The van der Waals surface area contributed by atoms with E-state index in [-0.39, 0.29) is 11.4 Å². The number of nitrogens with zero attached hydrogens (tertiary/aromatic N) is 1. The van der Waals surface area contributed by atoms with Gasteiger partial charge in [-0.1, -0.05) is 0 Å². The van der Waals surface area contributed by atoms with Crippen LogP contribution in [0.25, 0.3) is 0 Å². The smallest absolute Gasteiger partial charge is 0.206 e. The zero-order chi connectivity index (χ0) is 12.7. The van der Waals surface area contributed by atoms with Crippen molar-refractivity contribution in [3.63, 3.8) is 0 Å². The minimum Gasteiger partial charge on any atom is -0.500 e. The first kappa shape index (κ1) is 12.8. The Balaban J connectivity index is 2.91. The largest absolute Gasteiger partial charge is 0.500 e. The van der Waals surface area contributed by atoms with Crippen molar-refractivity contribution in [2.75, 3.05) is 13.7 Å². The van der Waals surface area contributed by atoms with Crippen molar-refractivity contribution in [1.29, 1.82) is 5.26 Å². The standard InChI is InChI=1S/C13H13NO3/c1-3-17-9-11(8-14)13(15)10-4-6-12(16-2)7-5-10/h4-7,9H,3H2,1-2H3/b11-9+. The van der Waals surface area contributed by atoms with Crippen LogP contribution < -0.4 is 4.74 Å². The number of carbonyl (C=O) groups excluding carboxylic acids is 1. The van der Waals surface area contributed by atoms with Crippen LogP contribution in [0.5, 0.6) is 5.75 Å². The summed E-state index contributed by atoms with van der Waals surface area (Å²) in [5.74, 6) is 0.303. The van der Waals surface area contributed by atoms with E-state index in [2.05, 4.69) is 0 Å². The number of hydrogen-bond donors (Lipinski definition) is 0. The van der Waals surface area contributed by atoms with Gasteiger partial charge in [-0.05, 0) is 31.2 Å². The number of ether oxygens (including phenoxy) is 2. The topological polar surface area (TPSA) is 59.3 Å². The molecule has 0 aromatic heterocycles. The van der Waals surface area contributed by atoms with Gasteiger partial charge in [0.1, 0.15) is 23.7 Å². The average Bonchev–Trinajstić information content (AvgIpc) is 2.39. The highest BCUT2D eigenvalue weighted by Gasteiger charge is 2.12. The fourth-order valence-electron chi connectivity index (χ4n) is 1.20. The number of benzene rings is 1. The van der Waals surface area contributed by atoms with E-state index in [1.54, 1.807) is 38.3 Å². The molecule has 0 spiro atoms. The number of methoxy groups -OCH3 is 1. The highest BCUT2D eigenvalue weighted by Crippen LogP contribution is 2.14. The second kappa shape index (κ2) is 6.33. The molecule has 88 valence electrons. The molecule has 0 bridgehead atoms. The van der Waals surface area contributed by atoms with Crippen molar-refractivity contribution in [2.45, 2.75) is 6.92 Å². The molecule has 0 atom stereocenters. The maximum absolute atomic E-state index is 11.9. The van der Waals surface area contributed by atoms with E-state index in [0.29, 0.717) is 17.9 Å². The minimum atomic E-state index is -0.358. The van der Waals surface area contributed by atoms with Crippen LogP contribution >= 0.6 is 0 Å². The third kappa shape index (κ3) is 3.35. The van der Waals surface area contributed by atoms with Gasteiger partial charge in [0.05, 0.1) is 13.7 Å². The number of ketones is 1. The first-order chi connectivity index (χ1) is 8.22. The van der Waals surface area contributed by atoms with Crippen LogP contribution in [-0.4, -0.2) is 19.5 Å². The Bertz CT molecular complexity index is 455. The van der Waals surface area contributed by atoms with Crippen molar-refractivity contribution in [3.8, 4) is 11.8 Å². The Morgan fingerprint density at radius 1 is 1.41 bits per heavy atom. The molecule has 4 heteroatoms. The van der Waals surface area contributed by atoms with Crippen molar-refractivity contribution < 1.29 is 14.3 Å². The van der Waals surface area contributed by atoms with Gasteiger partial charge in [-0.3, -0.25) is 4.79 Å². The molecule has 0 saturated carbocycles. The van der Waals surface area contributed by atoms with E-state index in [1.807, 2.05) is 6.07 Å². The molecule has 17 heavy (non-hydrogen) atoms. The SMILES string of the molecule is CCO/C=C(\C#N)C(=O)c1ccc(OC)cc1. The second-order valence-corrected chi connectivity index (χ2v) is 3.16. The normalized spacial score (nSPS) is 10.5. The van der Waals surface area contributed by atoms with Crippen molar-refractivity contribution >= 4 is 5.78 Å². The lowest BCUT2D eigenvalue weighted by Crippen LogP contribution is -2.02. The third-order valence-corrected chi connectivity index (χ3v) is 2.09. The maximum Gasteiger partial charge on any atom is 0.206 e. The minimum absolute atomic E-state index is 0.0167. The van der Waals surface area contributed by atoms with Crippen LogP contribution in [-0.2, 0) is 4.74 Å². The lowest BCUT2D eigenvalue weighted by Gasteiger charge is -2.02. The summed E-state index contributed by atoms with van der Waals surface area (Å²) in [6.07, 6.45) is 1.19. The monoisotopic (exact) mass is 231 g/mol. The molecule has 0 aliphatic rings. The molecule has 0 aliphatic heterocycles. The lowest BCUT2D eigenvalue weighted by molar-refractivity contribution is 0.103. The van der Waals surface area contributed by atoms with Gasteiger partial charge in [-0.2, -0.15) is 5.26 Å². The molecular formula is C13H13NO3. The van der Waals surface area contributed by atoms with Crippen LogP contribution in [0.15, 0.2) is 36.1 Å². The fourth-order valence-corrected chi connectivity index (χ4v) is 1.20. The number of nitriles is 1. The van der Waals surface area contributed by atoms with Gasteiger partial charge in [0.2, 0.25) is 5.78 Å². The lowest BCUT2D eigenvalue weighted by atomic mass is 10.1. The van der Waals surface area contributed by atoms with Gasteiger partial charge >= 0.3 is 0 Å². The van der Waals surface area contributed by atoms with Gasteiger partial charge in [0.25, 0.3) is 0 Å². The number of Topliss-reactive ketones (excluding diaryl/α,β-unsaturated/α-hetero) is 1. The molecule has 0 radical (unpaired) electrons. The Kier molecular flexibility index (Phi) is 4.77. The average molecular weight is 231 g/mol. The quantitative estimate of drug-likeness (QED) is 0.338. The number of rotatable bonds is 5. The van der Waals surface area contributed by atoms with E-state index in [1.165, 1.54) is 6.26 Å². The molecule has 0 unspecified atom stereocenters. The summed E-state index contributed by atoms with van der Waals surface area (Å²) < 4.78 is 9.93. The van der Waals surface area contributed by atoms with Gasteiger partial charge in [0.15, 0.2) is 0 Å². The van der Waals surface area contributed by atoms with E-state index < -0.39 is 0 Å². The molecule has 0 aliphatic carbocycles. The Labute approximate surface area is 100 Å². The molecule has 4 nitrogen and oxygen atoms in total. The molecule has 0 fully saturated rings. The number of carbonyl (C=O) groups is 1. The van der Waals surface area contributed by atoms with Gasteiger partial charge < -0.3 is 9.47 Å². The highest BCUT2D eigenvalue weighted by atomic mass is 16.5. The molecule has 1 rings (SSSR count). The molecule has 0 heterocycles. The van der Waals surface area contributed by atoms with E-state index >= 15 is 0 Å². The summed E-state index contributed by atoms with van der Waals surface area (Å²) >= 11 is 0. The third-order valence-electron chi connectivity index (χ3n) is 2.09. The second-order valence-electron chi connectivity index (χ2n) is 3.16. The van der Waals surface area contributed by atoms with Gasteiger partial charge in [0, 0.05) is 5.56 Å². The Morgan fingerprint density at radius 3 is 2.53 bits per heavy atom. The van der Waals surface area contributed by atoms with Crippen molar-refractivity contribution in [1.82, 2.24) is 0 Å². The summed E-state index contributed by atoms with van der Waals surface area (Å²) in [6, 6.07) is 8.38. The fraction of sp³-hybridized carbons (Fsp3) is 0.231.